The minimum atomic E-state index is -0.384. The molecule has 0 aliphatic heterocycles. The van der Waals surface area contributed by atoms with Crippen molar-refractivity contribution in [3.05, 3.63) is 88.5 Å². The highest BCUT2D eigenvalue weighted by Gasteiger charge is 2.22. The lowest BCUT2D eigenvalue weighted by Crippen LogP contribution is -2.34. The number of hydrogen-bond donors (Lipinski definition) is 2. The number of rotatable bonds is 7. The van der Waals surface area contributed by atoms with Gasteiger partial charge in [0.1, 0.15) is 5.82 Å². The van der Waals surface area contributed by atoms with Crippen molar-refractivity contribution < 1.29 is 18.7 Å². The van der Waals surface area contributed by atoms with Crippen molar-refractivity contribution in [1.82, 2.24) is 9.88 Å². The standard InChI is InChI=1S/C24H26FN3O3/c1-4-31-23(29)22-16(2)21(26-17(22)3)15-28(14-18-8-6-5-7-9-18)24(30)27-20-12-10-19(25)11-13-20/h5-13,26H,4,14-15H2,1-3H3,(H,27,30). The molecule has 0 bridgehead atoms. The molecule has 0 aliphatic rings. The number of ether oxygens (including phenoxy) is 1. The molecule has 0 saturated heterocycles. The zero-order chi connectivity index (χ0) is 22.4. The summed E-state index contributed by atoms with van der Waals surface area (Å²) in [5, 5.41) is 2.81. The Kier molecular flexibility index (Phi) is 7.07. The minimum absolute atomic E-state index is 0.258. The number of carbonyl (C=O) groups is 2. The van der Waals surface area contributed by atoms with Gasteiger partial charge < -0.3 is 19.9 Å². The number of esters is 1. The molecule has 1 aromatic heterocycles. The Labute approximate surface area is 181 Å². The molecule has 0 radical (unpaired) electrons. The molecule has 3 aromatic rings. The van der Waals surface area contributed by atoms with E-state index in [1.54, 1.807) is 11.8 Å². The Bertz CT molecular complexity index is 1050. The second kappa shape index (κ2) is 9.93. The van der Waals surface area contributed by atoms with Crippen LogP contribution in [0, 0.1) is 19.7 Å². The fourth-order valence-corrected chi connectivity index (χ4v) is 3.41. The van der Waals surface area contributed by atoms with Gasteiger partial charge in [-0.05, 0) is 56.2 Å². The third-order valence-corrected chi connectivity index (χ3v) is 4.97. The van der Waals surface area contributed by atoms with E-state index in [0.29, 0.717) is 30.1 Å². The topological polar surface area (TPSA) is 74.4 Å². The molecular formula is C24H26FN3O3. The van der Waals surface area contributed by atoms with Gasteiger partial charge in [0, 0.05) is 23.6 Å². The predicted octanol–water partition coefficient (Wildman–Crippen LogP) is 5.18. The van der Waals surface area contributed by atoms with Gasteiger partial charge in [-0.15, -0.1) is 0 Å². The van der Waals surface area contributed by atoms with Gasteiger partial charge in [-0.25, -0.2) is 14.0 Å². The number of urea groups is 1. The van der Waals surface area contributed by atoms with Crippen LogP contribution in [0.2, 0.25) is 0 Å². The van der Waals surface area contributed by atoms with Gasteiger partial charge in [0.05, 0.1) is 18.7 Å². The molecule has 3 rings (SSSR count). The molecule has 31 heavy (non-hydrogen) atoms. The van der Waals surface area contributed by atoms with E-state index >= 15 is 0 Å². The number of aryl methyl sites for hydroxylation is 1. The highest BCUT2D eigenvalue weighted by Crippen LogP contribution is 2.22. The zero-order valence-corrected chi connectivity index (χ0v) is 17.9. The third-order valence-electron chi connectivity index (χ3n) is 4.97. The summed E-state index contributed by atoms with van der Waals surface area (Å²) in [6.07, 6.45) is 0. The van der Waals surface area contributed by atoms with Crippen molar-refractivity contribution in [3.63, 3.8) is 0 Å². The molecule has 0 saturated carbocycles. The molecule has 0 fully saturated rings. The second-order valence-corrected chi connectivity index (χ2v) is 7.23. The smallest absolute Gasteiger partial charge is 0.340 e. The average Bonchev–Trinajstić information content (AvgIpc) is 3.03. The van der Waals surface area contributed by atoms with E-state index in [9.17, 15) is 14.0 Å². The highest BCUT2D eigenvalue weighted by molar-refractivity contribution is 5.93. The number of nitrogens with one attached hydrogen (secondary N) is 2. The monoisotopic (exact) mass is 423 g/mol. The summed E-state index contributed by atoms with van der Waals surface area (Å²) in [6.45, 7) is 6.32. The number of amides is 2. The SMILES string of the molecule is CCOC(=O)c1c(C)[nH]c(CN(Cc2ccccc2)C(=O)Nc2ccc(F)cc2)c1C. The Morgan fingerprint density at radius 3 is 2.35 bits per heavy atom. The molecule has 0 unspecified atom stereocenters. The molecule has 0 atom stereocenters. The van der Waals surface area contributed by atoms with Crippen molar-refractivity contribution in [3.8, 4) is 0 Å². The molecule has 0 spiro atoms. The molecular weight excluding hydrogens is 397 g/mol. The maximum absolute atomic E-state index is 13.2. The largest absolute Gasteiger partial charge is 0.462 e. The summed E-state index contributed by atoms with van der Waals surface area (Å²) in [7, 11) is 0. The molecule has 1 heterocycles. The van der Waals surface area contributed by atoms with Gasteiger partial charge in [-0.2, -0.15) is 0 Å². The number of nitrogens with zero attached hydrogens (tertiary/aromatic N) is 1. The molecule has 162 valence electrons. The highest BCUT2D eigenvalue weighted by atomic mass is 19.1. The van der Waals surface area contributed by atoms with Crippen molar-refractivity contribution in [2.75, 3.05) is 11.9 Å². The maximum atomic E-state index is 13.2. The first kappa shape index (κ1) is 22.1. The summed E-state index contributed by atoms with van der Waals surface area (Å²) in [4.78, 5) is 30.2. The number of hydrogen-bond acceptors (Lipinski definition) is 3. The van der Waals surface area contributed by atoms with E-state index in [2.05, 4.69) is 10.3 Å². The van der Waals surface area contributed by atoms with Crippen LogP contribution < -0.4 is 5.32 Å². The van der Waals surface area contributed by atoms with Crippen LogP contribution in [0.5, 0.6) is 0 Å². The zero-order valence-electron chi connectivity index (χ0n) is 17.9. The first-order valence-corrected chi connectivity index (χ1v) is 10.1. The second-order valence-electron chi connectivity index (χ2n) is 7.23. The summed E-state index contributed by atoms with van der Waals surface area (Å²) in [5.41, 5.74) is 4.16. The van der Waals surface area contributed by atoms with Crippen molar-refractivity contribution in [2.24, 2.45) is 0 Å². The van der Waals surface area contributed by atoms with Crippen molar-refractivity contribution >= 4 is 17.7 Å². The molecule has 2 amide bonds. The molecule has 0 aliphatic carbocycles. The lowest BCUT2D eigenvalue weighted by atomic mass is 10.1. The van der Waals surface area contributed by atoms with Gasteiger partial charge in [0.15, 0.2) is 0 Å². The number of aromatic amines is 1. The van der Waals surface area contributed by atoms with E-state index in [-0.39, 0.29) is 24.4 Å². The summed E-state index contributed by atoms with van der Waals surface area (Å²) >= 11 is 0. The van der Waals surface area contributed by atoms with Gasteiger partial charge in [-0.1, -0.05) is 30.3 Å². The minimum Gasteiger partial charge on any atom is -0.462 e. The Morgan fingerprint density at radius 1 is 1.03 bits per heavy atom. The van der Waals surface area contributed by atoms with Crippen LogP contribution in [0.25, 0.3) is 0 Å². The van der Waals surface area contributed by atoms with Crippen molar-refractivity contribution in [1.29, 1.82) is 0 Å². The fraction of sp³-hybridized carbons (Fsp3) is 0.250. The Morgan fingerprint density at radius 2 is 1.71 bits per heavy atom. The number of benzene rings is 2. The van der Waals surface area contributed by atoms with E-state index in [0.717, 1.165) is 16.8 Å². The number of H-pyrrole nitrogens is 1. The van der Waals surface area contributed by atoms with Gasteiger partial charge in [-0.3, -0.25) is 0 Å². The van der Waals surface area contributed by atoms with Crippen LogP contribution in [0.3, 0.4) is 0 Å². The number of aromatic nitrogens is 1. The normalized spacial score (nSPS) is 10.6. The fourth-order valence-electron chi connectivity index (χ4n) is 3.41. The predicted molar refractivity (Wildman–Crippen MR) is 117 cm³/mol. The average molecular weight is 423 g/mol. The summed E-state index contributed by atoms with van der Waals surface area (Å²) in [6, 6.07) is 14.9. The first-order chi connectivity index (χ1) is 14.9. The summed E-state index contributed by atoms with van der Waals surface area (Å²) < 4.78 is 18.4. The van der Waals surface area contributed by atoms with E-state index in [4.69, 9.17) is 4.74 Å². The molecule has 7 heteroatoms. The van der Waals surface area contributed by atoms with Crippen molar-refractivity contribution in [2.45, 2.75) is 33.9 Å². The number of anilines is 1. The van der Waals surface area contributed by atoms with Crippen LogP contribution >= 0.6 is 0 Å². The van der Waals surface area contributed by atoms with Crippen LogP contribution in [-0.4, -0.2) is 28.5 Å². The van der Waals surface area contributed by atoms with Crippen LogP contribution in [0.15, 0.2) is 54.6 Å². The maximum Gasteiger partial charge on any atom is 0.340 e. The molecule has 2 aromatic carbocycles. The molecule has 2 N–H and O–H groups in total. The quantitative estimate of drug-likeness (QED) is 0.514. The molecule has 6 nitrogen and oxygen atoms in total. The van der Waals surface area contributed by atoms with Crippen LogP contribution in [0.4, 0.5) is 14.9 Å². The third kappa shape index (κ3) is 5.51. The lowest BCUT2D eigenvalue weighted by Gasteiger charge is -2.23. The van der Waals surface area contributed by atoms with Gasteiger partial charge >= 0.3 is 12.0 Å². The number of carbonyl (C=O) groups excluding carboxylic acids is 2. The first-order valence-electron chi connectivity index (χ1n) is 10.1. The lowest BCUT2D eigenvalue weighted by molar-refractivity contribution is 0.0525. The summed E-state index contributed by atoms with van der Waals surface area (Å²) in [5.74, 6) is -0.756. The van der Waals surface area contributed by atoms with E-state index < -0.39 is 0 Å². The van der Waals surface area contributed by atoms with E-state index in [1.165, 1.54) is 24.3 Å². The number of halogens is 1. The van der Waals surface area contributed by atoms with Crippen LogP contribution in [-0.2, 0) is 17.8 Å². The van der Waals surface area contributed by atoms with Gasteiger partial charge in [0.2, 0.25) is 0 Å². The van der Waals surface area contributed by atoms with Crippen LogP contribution in [0.1, 0.15) is 39.8 Å². The van der Waals surface area contributed by atoms with E-state index in [1.807, 2.05) is 44.2 Å². The Hall–Kier alpha value is -3.61. The Balaban J connectivity index is 1.86. The van der Waals surface area contributed by atoms with Gasteiger partial charge in [0.25, 0.3) is 0 Å².